The Morgan fingerprint density at radius 3 is 2.77 bits per heavy atom. The van der Waals surface area contributed by atoms with Gasteiger partial charge in [0.2, 0.25) is 5.91 Å². The van der Waals surface area contributed by atoms with Crippen molar-refractivity contribution in [3.8, 4) is 11.4 Å². The summed E-state index contributed by atoms with van der Waals surface area (Å²) in [6.45, 7) is 5.56. The number of amides is 2. The fourth-order valence-electron chi connectivity index (χ4n) is 3.42. The third kappa shape index (κ3) is 4.56. The van der Waals surface area contributed by atoms with E-state index in [4.69, 9.17) is 4.74 Å². The number of para-hydroxylation sites is 2. The molecule has 3 aromatic rings. The Kier molecular flexibility index (Phi) is 6.22. The van der Waals surface area contributed by atoms with Crippen LogP contribution >= 0.6 is 11.8 Å². The second-order valence-electron chi connectivity index (χ2n) is 7.04. The summed E-state index contributed by atoms with van der Waals surface area (Å²) < 4.78 is 7.01. The molecule has 8 nitrogen and oxygen atoms in total. The van der Waals surface area contributed by atoms with Gasteiger partial charge in [0.15, 0.2) is 11.0 Å². The lowest BCUT2D eigenvalue weighted by molar-refractivity contribution is -0.113. The molecule has 2 amide bonds. The molecule has 1 fully saturated rings. The molecule has 1 aromatic heterocycles. The smallest absolute Gasteiger partial charge is 0.414 e. The standard InChI is InChI=1S/C22H23N5O3S/c1-3-26-20(16-8-6-7-15(2)13-16)24-25-21(26)31-14-19(28)23-17-9-4-5-10-18(17)27-11-12-30-22(27)29/h4-10,13H,3,11-12,14H2,1-2H3,(H,23,28). The van der Waals surface area contributed by atoms with Crippen molar-refractivity contribution in [3.63, 3.8) is 0 Å². The van der Waals surface area contributed by atoms with E-state index in [-0.39, 0.29) is 11.7 Å². The van der Waals surface area contributed by atoms with Crippen LogP contribution in [0.1, 0.15) is 12.5 Å². The van der Waals surface area contributed by atoms with E-state index in [1.54, 1.807) is 12.1 Å². The molecule has 31 heavy (non-hydrogen) atoms. The predicted octanol–water partition coefficient (Wildman–Crippen LogP) is 3.96. The number of nitrogens with zero attached hydrogens (tertiary/aromatic N) is 4. The van der Waals surface area contributed by atoms with Crippen molar-refractivity contribution in [1.82, 2.24) is 14.8 Å². The number of anilines is 2. The lowest BCUT2D eigenvalue weighted by atomic mass is 10.1. The minimum atomic E-state index is -0.407. The van der Waals surface area contributed by atoms with Gasteiger partial charge in [-0.15, -0.1) is 10.2 Å². The molecule has 2 heterocycles. The number of nitrogens with one attached hydrogen (secondary N) is 1. The van der Waals surface area contributed by atoms with Crippen molar-refractivity contribution in [2.24, 2.45) is 0 Å². The highest BCUT2D eigenvalue weighted by molar-refractivity contribution is 7.99. The molecular weight excluding hydrogens is 414 g/mol. The Bertz CT molecular complexity index is 1110. The molecule has 0 spiro atoms. The molecule has 0 saturated carbocycles. The van der Waals surface area contributed by atoms with Crippen LogP contribution in [0.5, 0.6) is 0 Å². The molecule has 160 valence electrons. The topological polar surface area (TPSA) is 89.4 Å². The number of carbonyl (C=O) groups excluding carboxylic acids is 2. The number of rotatable bonds is 7. The molecule has 0 radical (unpaired) electrons. The fourth-order valence-corrected chi connectivity index (χ4v) is 4.22. The van der Waals surface area contributed by atoms with Crippen LogP contribution in [-0.2, 0) is 16.1 Å². The number of ether oxygens (including phenoxy) is 1. The minimum absolute atomic E-state index is 0.171. The molecule has 1 N–H and O–H groups in total. The zero-order valence-electron chi connectivity index (χ0n) is 17.4. The first-order valence-corrected chi connectivity index (χ1v) is 11.0. The van der Waals surface area contributed by atoms with Gasteiger partial charge >= 0.3 is 6.09 Å². The summed E-state index contributed by atoms with van der Waals surface area (Å²) in [5.74, 6) is 0.768. The number of thioether (sulfide) groups is 1. The zero-order valence-corrected chi connectivity index (χ0v) is 18.2. The van der Waals surface area contributed by atoms with Gasteiger partial charge in [0.25, 0.3) is 0 Å². The third-order valence-electron chi connectivity index (χ3n) is 4.87. The highest BCUT2D eigenvalue weighted by Gasteiger charge is 2.26. The van der Waals surface area contributed by atoms with Gasteiger partial charge in [-0.2, -0.15) is 0 Å². The van der Waals surface area contributed by atoms with Crippen molar-refractivity contribution in [1.29, 1.82) is 0 Å². The average Bonchev–Trinajstić information content (AvgIpc) is 3.38. The van der Waals surface area contributed by atoms with Crippen LogP contribution in [0.4, 0.5) is 16.2 Å². The number of benzene rings is 2. The Morgan fingerprint density at radius 2 is 2.03 bits per heavy atom. The molecule has 1 saturated heterocycles. The van der Waals surface area contributed by atoms with Gasteiger partial charge in [-0.1, -0.05) is 47.7 Å². The molecule has 9 heteroatoms. The summed E-state index contributed by atoms with van der Waals surface area (Å²) in [6, 6.07) is 15.3. The number of cyclic esters (lactones) is 1. The summed E-state index contributed by atoms with van der Waals surface area (Å²) in [5.41, 5.74) is 3.35. The maximum Gasteiger partial charge on any atom is 0.414 e. The number of aromatic nitrogens is 3. The fraction of sp³-hybridized carbons (Fsp3) is 0.273. The monoisotopic (exact) mass is 437 g/mol. The van der Waals surface area contributed by atoms with Crippen molar-refractivity contribution >= 4 is 35.1 Å². The van der Waals surface area contributed by atoms with Crippen LogP contribution in [0.3, 0.4) is 0 Å². The van der Waals surface area contributed by atoms with E-state index in [1.165, 1.54) is 16.7 Å². The largest absolute Gasteiger partial charge is 0.447 e. The van der Waals surface area contributed by atoms with E-state index in [0.717, 1.165) is 17.0 Å². The number of carbonyl (C=O) groups is 2. The molecule has 0 unspecified atom stereocenters. The van der Waals surface area contributed by atoms with Crippen LogP contribution in [0.15, 0.2) is 53.7 Å². The third-order valence-corrected chi connectivity index (χ3v) is 5.84. The molecule has 4 rings (SSSR count). The van der Waals surface area contributed by atoms with Crippen LogP contribution in [0, 0.1) is 6.92 Å². The quantitative estimate of drug-likeness (QED) is 0.563. The molecule has 1 aliphatic heterocycles. The van der Waals surface area contributed by atoms with Gasteiger partial charge < -0.3 is 14.6 Å². The Morgan fingerprint density at radius 1 is 1.19 bits per heavy atom. The molecule has 1 aliphatic rings. The maximum absolute atomic E-state index is 12.6. The lowest BCUT2D eigenvalue weighted by Crippen LogP contribution is -2.25. The van der Waals surface area contributed by atoms with Gasteiger partial charge in [0.1, 0.15) is 6.61 Å². The van der Waals surface area contributed by atoms with Gasteiger partial charge in [0, 0.05) is 12.1 Å². The van der Waals surface area contributed by atoms with E-state index in [9.17, 15) is 9.59 Å². The second kappa shape index (κ2) is 9.22. The minimum Gasteiger partial charge on any atom is -0.447 e. The van der Waals surface area contributed by atoms with Crippen molar-refractivity contribution < 1.29 is 14.3 Å². The van der Waals surface area contributed by atoms with E-state index in [1.807, 2.05) is 48.7 Å². The summed E-state index contributed by atoms with van der Waals surface area (Å²) in [4.78, 5) is 26.1. The lowest BCUT2D eigenvalue weighted by Gasteiger charge is -2.17. The van der Waals surface area contributed by atoms with Crippen LogP contribution in [-0.4, -0.2) is 45.7 Å². The first-order valence-electron chi connectivity index (χ1n) is 10.0. The number of aryl methyl sites for hydroxylation is 1. The maximum atomic E-state index is 12.6. The zero-order chi connectivity index (χ0) is 21.8. The van der Waals surface area contributed by atoms with Crippen molar-refractivity contribution in [3.05, 3.63) is 54.1 Å². The van der Waals surface area contributed by atoms with Gasteiger partial charge in [-0.25, -0.2) is 4.79 Å². The van der Waals surface area contributed by atoms with Gasteiger partial charge in [-0.3, -0.25) is 9.69 Å². The van der Waals surface area contributed by atoms with Gasteiger partial charge in [0.05, 0.1) is 23.7 Å². The average molecular weight is 438 g/mol. The second-order valence-corrected chi connectivity index (χ2v) is 7.98. The highest BCUT2D eigenvalue weighted by Crippen LogP contribution is 2.29. The Labute approximate surface area is 184 Å². The number of hydrogen-bond donors (Lipinski definition) is 1. The Hall–Kier alpha value is -3.33. The predicted molar refractivity (Wildman–Crippen MR) is 120 cm³/mol. The van der Waals surface area contributed by atoms with E-state index < -0.39 is 6.09 Å². The van der Waals surface area contributed by atoms with E-state index in [0.29, 0.717) is 36.2 Å². The first-order chi connectivity index (χ1) is 15.1. The summed E-state index contributed by atoms with van der Waals surface area (Å²) in [7, 11) is 0. The molecule has 2 aromatic carbocycles. The van der Waals surface area contributed by atoms with Crippen molar-refractivity contribution in [2.45, 2.75) is 25.5 Å². The molecular formula is C22H23N5O3S. The van der Waals surface area contributed by atoms with E-state index >= 15 is 0 Å². The molecule has 0 atom stereocenters. The van der Waals surface area contributed by atoms with Crippen LogP contribution in [0.2, 0.25) is 0 Å². The normalized spacial score (nSPS) is 13.4. The summed E-state index contributed by atoms with van der Waals surface area (Å²) in [6.07, 6.45) is -0.407. The van der Waals surface area contributed by atoms with Crippen molar-refractivity contribution in [2.75, 3.05) is 29.1 Å². The van der Waals surface area contributed by atoms with Crippen LogP contribution < -0.4 is 10.2 Å². The summed E-state index contributed by atoms with van der Waals surface area (Å²) >= 11 is 1.33. The molecule has 0 aliphatic carbocycles. The first kappa shape index (κ1) is 20.9. The van der Waals surface area contributed by atoms with E-state index in [2.05, 4.69) is 21.6 Å². The SMILES string of the molecule is CCn1c(SCC(=O)Nc2ccccc2N2CCOC2=O)nnc1-c1cccc(C)c1. The Balaban J connectivity index is 1.45. The van der Waals surface area contributed by atoms with Gasteiger partial charge in [-0.05, 0) is 32.0 Å². The van der Waals surface area contributed by atoms with Crippen LogP contribution in [0.25, 0.3) is 11.4 Å². The molecule has 0 bridgehead atoms. The summed E-state index contributed by atoms with van der Waals surface area (Å²) in [5, 5.41) is 12.2. The number of hydrogen-bond acceptors (Lipinski definition) is 6. The highest BCUT2D eigenvalue weighted by atomic mass is 32.2.